The lowest BCUT2D eigenvalue weighted by Gasteiger charge is -2.27. The molecule has 0 aromatic heterocycles. The van der Waals surface area contributed by atoms with Gasteiger partial charge in [0.25, 0.3) is 0 Å². The highest BCUT2D eigenvalue weighted by Gasteiger charge is 2.31. The third kappa shape index (κ3) is 16.3. The molecule has 0 rings (SSSR count). The minimum atomic E-state index is -1.92. The topological polar surface area (TPSA) is 216 Å². The van der Waals surface area contributed by atoms with Gasteiger partial charge in [-0.1, -0.05) is 52.3 Å². The largest absolute Gasteiger partial charge is 0.478 e. The third-order valence-electron chi connectivity index (χ3n) is 8.48. The maximum absolute atomic E-state index is 12.8. The van der Waals surface area contributed by atoms with E-state index in [-0.39, 0.29) is 12.2 Å². The number of carboxylic acids is 3. The van der Waals surface area contributed by atoms with Crippen molar-refractivity contribution in [2.45, 2.75) is 124 Å². The molecule has 0 saturated carbocycles. The Morgan fingerprint density at radius 3 is 1.87 bits per heavy atom. The predicted molar refractivity (Wildman–Crippen MR) is 171 cm³/mol. The van der Waals surface area contributed by atoms with Crippen molar-refractivity contribution >= 4 is 29.7 Å². The molecule has 0 bridgehead atoms. The van der Waals surface area contributed by atoms with Gasteiger partial charge in [-0.25, -0.2) is 14.4 Å². The van der Waals surface area contributed by atoms with E-state index in [0.717, 1.165) is 44.3 Å². The first-order valence-electron chi connectivity index (χ1n) is 15.9. The van der Waals surface area contributed by atoms with E-state index in [1.165, 1.54) is 6.92 Å². The fraction of sp³-hybridized carbons (Fsp3) is 0.676. The van der Waals surface area contributed by atoms with Crippen LogP contribution in [-0.4, -0.2) is 84.7 Å². The molecule has 0 radical (unpaired) electrons. The number of aliphatic hydroxyl groups excluding tert-OH is 3. The van der Waals surface area contributed by atoms with Crippen LogP contribution in [0.1, 0.15) is 99.8 Å². The van der Waals surface area contributed by atoms with Crippen LogP contribution in [0.2, 0.25) is 0 Å². The molecule has 12 heteroatoms. The van der Waals surface area contributed by atoms with Gasteiger partial charge < -0.3 is 35.4 Å². The van der Waals surface area contributed by atoms with E-state index in [1.54, 1.807) is 19.9 Å². The van der Waals surface area contributed by atoms with Gasteiger partial charge >= 0.3 is 23.9 Å². The Morgan fingerprint density at radius 1 is 0.761 bits per heavy atom. The van der Waals surface area contributed by atoms with E-state index in [0.29, 0.717) is 24.7 Å². The van der Waals surface area contributed by atoms with Gasteiger partial charge in [-0.2, -0.15) is 0 Å². The smallest absolute Gasteiger partial charge is 0.334 e. The normalized spacial score (nSPS) is 18.0. The predicted octanol–water partition coefficient (Wildman–Crippen LogP) is 4.31. The molecule has 0 aliphatic rings. The molecule has 0 spiro atoms. The minimum Gasteiger partial charge on any atom is -0.478 e. The number of allylic oxidation sites excluding steroid dienone is 3. The zero-order valence-corrected chi connectivity index (χ0v) is 28.1. The van der Waals surface area contributed by atoms with Crippen molar-refractivity contribution in [2.24, 2.45) is 23.7 Å². The lowest BCUT2D eigenvalue weighted by atomic mass is 9.85. The summed E-state index contributed by atoms with van der Waals surface area (Å²) in [5.41, 5.74) is -0.481. The average molecular weight is 655 g/mol. The molecule has 262 valence electrons. The highest BCUT2D eigenvalue weighted by Crippen LogP contribution is 2.25. The van der Waals surface area contributed by atoms with Gasteiger partial charge in [0, 0.05) is 29.9 Å². The van der Waals surface area contributed by atoms with Crippen molar-refractivity contribution in [1.29, 1.82) is 0 Å². The van der Waals surface area contributed by atoms with Crippen LogP contribution < -0.4 is 0 Å². The van der Waals surface area contributed by atoms with Crippen LogP contribution in [0.25, 0.3) is 0 Å². The molecule has 0 fully saturated rings. The summed E-state index contributed by atoms with van der Waals surface area (Å²) in [6.45, 7) is 11.8. The number of hydrogen-bond donors (Lipinski definition) is 6. The van der Waals surface area contributed by atoms with Gasteiger partial charge in [0.15, 0.2) is 0 Å². The molecule has 0 aliphatic heterocycles. The molecule has 0 unspecified atom stereocenters. The lowest BCUT2D eigenvalue weighted by Crippen LogP contribution is -2.36. The number of Topliss-reactive ketones (excluding diaryl/α,β-unsaturated/α-hetero) is 1. The fourth-order valence-corrected chi connectivity index (χ4v) is 5.09. The maximum atomic E-state index is 12.8. The fourth-order valence-electron chi connectivity index (χ4n) is 5.09. The zero-order chi connectivity index (χ0) is 35.7. The second kappa shape index (κ2) is 21.4. The number of ether oxygens (including phenoxy) is 1. The average Bonchev–Trinajstić information content (AvgIpc) is 2.95. The molecule has 0 aromatic carbocycles. The van der Waals surface area contributed by atoms with Crippen LogP contribution in [-0.2, 0) is 28.7 Å². The maximum Gasteiger partial charge on any atom is 0.334 e. The van der Waals surface area contributed by atoms with Crippen LogP contribution >= 0.6 is 0 Å². The molecule has 0 aromatic rings. The second-order valence-electron chi connectivity index (χ2n) is 12.4. The van der Waals surface area contributed by atoms with E-state index in [2.05, 4.69) is 19.9 Å². The molecule has 0 saturated heterocycles. The molecular formula is C34H54O12. The number of carbonyl (C=O) groups excluding carboxylic acids is 2. The monoisotopic (exact) mass is 654 g/mol. The Morgan fingerprint density at radius 2 is 1.35 bits per heavy atom. The summed E-state index contributed by atoms with van der Waals surface area (Å²) in [5.74, 6) is -6.29. The Hall–Kier alpha value is -3.35. The molecule has 6 N–H and O–H groups in total. The Balaban J connectivity index is 4.81. The molecule has 0 amide bonds. The number of esters is 1. The van der Waals surface area contributed by atoms with E-state index in [1.807, 2.05) is 6.92 Å². The third-order valence-corrected chi connectivity index (χ3v) is 8.48. The highest BCUT2D eigenvalue weighted by molar-refractivity contribution is 5.99. The zero-order valence-electron chi connectivity index (χ0n) is 28.1. The molecule has 46 heavy (non-hydrogen) atoms. The number of rotatable bonds is 23. The Kier molecular flexibility index (Phi) is 19.9. The molecule has 12 nitrogen and oxygen atoms in total. The minimum absolute atomic E-state index is 0.283. The number of hydrogen-bond acceptors (Lipinski definition) is 9. The molecule has 0 heterocycles. The van der Waals surface area contributed by atoms with Gasteiger partial charge in [0.05, 0.1) is 30.3 Å². The number of aliphatic carboxylic acids is 3. The number of carboxylic acid groups (broad SMARTS) is 3. The van der Waals surface area contributed by atoms with Gasteiger partial charge in [-0.15, -0.1) is 0 Å². The first kappa shape index (κ1) is 42.6. The summed E-state index contributed by atoms with van der Waals surface area (Å²) in [7, 11) is 0. The molecular weight excluding hydrogens is 600 g/mol. The van der Waals surface area contributed by atoms with Gasteiger partial charge in [-0.05, 0) is 64.2 Å². The number of aliphatic hydroxyl groups is 3. The lowest BCUT2D eigenvalue weighted by molar-refractivity contribution is -0.154. The summed E-state index contributed by atoms with van der Waals surface area (Å²) in [4.78, 5) is 58.4. The SMILES string of the molecule is CCC(C=CC(=O)O)=CCC[C@H](C)C[C@@H](C)CC[C@H](O)[C@H](C)C(=O)C[C@@H](O)[C@H](C)[C@@H](C)OC(=O)C[C@@H](O)C(C(=O)O)=C(C)C(=O)O. The summed E-state index contributed by atoms with van der Waals surface area (Å²) in [6, 6.07) is 0. The summed E-state index contributed by atoms with van der Waals surface area (Å²) in [5, 5.41) is 58.5. The summed E-state index contributed by atoms with van der Waals surface area (Å²) >= 11 is 0. The molecule has 0 aliphatic carbocycles. The van der Waals surface area contributed by atoms with Crippen molar-refractivity contribution in [2.75, 3.05) is 0 Å². The van der Waals surface area contributed by atoms with Crippen LogP contribution in [0.4, 0.5) is 0 Å². The van der Waals surface area contributed by atoms with Crippen molar-refractivity contribution in [1.82, 2.24) is 0 Å². The van der Waals surface area contributed by atoms with Crippen LogP contribution in [0.15, 0.2) is 34.9 Å². The van der Waals surface area contributed by atoms with Crippen molar-refractivity contribution < 1.29 is 59.3 Å². The number of ketones is 1. The van der Waals surface area contributed by atoms with E-state index >= 15 is 0 Å². The van der Waals surface area contributed by atoms with Crippen molar-refractivity contribution in [3.63, 3.8) is 0 Å². The first-order chi connectivity index (χ1) is 21.3. The standard InChI is InChI=1S/C34H54O12/c1-8-25(13-15-30(39)40)11-9-10-19(2)16-20(3)12-14-26(35)22(5)28(37)17-27(36)21(4)24(7)46-31(41)18-29(38)32(34(44)45)23(6)33(42)43/h11,13,15,19-22,24,26-27,29,35-36,38H,8-10,12,14,16-18H2,1-7H3,(H,39,40)(H,42,43)(H,44,45)/t19-,20-,21+,22-,24+,26-,27+,29+/m0/s1. The van der Waals surface area contributed by atoms with Crippen molar-refractivity contribution in [3.05, 3.63) is 34.9 Å². The Bertz CT molecular complexity index is 1120. The second-order valence-corrected chi connectivity index (χ2v) is 12.4. The van der Waals surface area contributed by atoms with E-state index in [9.17, 15) is 44.4 Å². The first-order valence-corrected chi connectivity index (χ1v) is 15.9. The Labute approximate surface area is 271 Å². The molecule has 8 atom stereocenters. The number of carbonyl (C=O) groups is 5. The highest BCUT2D eigenvalue weighted by atomic mass is 16.5. The van der Waals surface area contributed by atoms with Gasteiger partial charge in [0.2, 0.25) is 0 Å². The van der Waals surface area contributed by atoms with Crippen LogP contribution in [0.5, 0.6) is 0 Å². The van der Waals surface area contributed by atoms with Crippen molar-refractivity contribution in [3.8, 4) is 0 Å². The summed E-state index contributed by atoms with van der Waals surface area (Å²) in [6.07, 6.45) is 3.37. The van der Waals surface area contributed by atoms with Crippen LogP contribution in [0, 0.1) is 23.7 Å². The summed E-state index contributed by atoms with van der Waals surface area (Å²) < 4.78 is 5.21. The quantitative estimate of drug-likeness (QED) is 0.0516. The van der Waals surface area contributed by atoms with Gasteiger partial charge in [-0.3, -0.25) is 9.59 Å². The van der Waals surface area contributed by atoms with Crippen LogP contribution in [0.3, 0.4) is 0 Å². The van der Waals surface area contributed by atoms with E-state index in [4.69, 9.17) is 14.9 Å². The van der Waals surface area contributed by atoms with E-state index < -0.39 is 77.7 Å². The van der Waals surface area contributed by atoms with Gasteiger partial charge in [0.1, 0.15) is 11.9 Å².